The smallest absolute Gasteiger partial charge is 0.147 e. The molecule has 1 atom stereocenters. The van der Waals surface area contributed by atoms with Gasteiger partial charge in [0.2, 0.25) is 0 Å². The van der Waals surface area contributed by atoms with Crippen LogP contribution in [0.1, 0.15) is 19.3 Å². The summed E-state index contributed by atoms with van der Waals surface area (Å²) in [6.07, 6.45) is 6.13. The van der Waals surface area contributed by atoms with Gasteiger partial charge in [0.25, 0.3) is 0 Å². The standard InChI is InChI=1S/C8H13BN2O/c9-7(4-5-10)11-8-3-1-2-6-12-8/h4-5,8H,1-3,6,10H2/b5-4-,11-7+. The second-order valence-electron chi connectivity index (χ2n) is 2.73. The molecule has 0 amide bonds. The lowest BCUT2D eigenvalue weighted by molar-refractivity contribution is 0.0226. The van der Waals surface area contributed by atoms with Gasteiger partial charge in [-0.3, -0.25) is 4.99 Å². The van der Waals surface area contributed by atoms with Crippen LogP contribution in [0.15, 0.2) is 17.3 Å². The maximum absolute atomic E-state index is 5.52. The maximum atomic E-state index is 5.52. The van der Waals surface area contributed by atoms with E-state index in [1.54, 1.807) is 6.08 Å². The Morgan fingerprint density at radius 3 is 3.00 bits per heavy atom. The van der Waals surface area contributed by atoms with E-state index < -0.39 is 0 Å². The van der Waals surface area contributed by atoms with Crippen LogP contribution in [0.25, 0.3) is 0 Å². The zero-order valence-electron chi connectivity index (χ0n) is 7.07. The first-order valence-electron chi connectivity index (χ1n) is 4.16. The average molecular weight is 164 g/mol. The van der Waals surface area contributed by atoms with Gasteiger partial charge < -0.3 is 10.5 Å². The minimum absolute atomic E-state index is 0.0602. The summed E-state index contributed by atoms with van der Waals surface area (Å²) in [5, 5.41) is 0. The SMILES string of the molecule is [B]C(/C=C\N)=N/C1CCCCO1. The highest BCUT2D eigenvalue weighted by molar-refractivity contribution is 6.63. The van der Waals surface area contributed by atoms with Gasteiger partial charge in [0.1, 0.15) is 14.1 Å². The van der Waals surface area contributed by atoms with Crippen LogP contribution in [-0.2, 0) is 4.74 Å². The van der Waals surface area contributed by atoms with Crippen molar-refractivity contribution in [1.29, 1.82) is 0 Å². The molecule has 1 aliphatic heterocycles. The Morgan fingerprint density at radius 1 is 1.58 bits per heavy atom. The molecule has 1 fully saturated rings. The quantitative estimate of drug-likeness (QED) is 0.478. The van der Waals surface area contributed by atoms with Crippen LogP contribution in [0.5, 0.6) is 0 Å². The lowest BCUT2D eigenvalue weighted by Gasteiger charge is -2.19. The Balaban J connectivity index is 2.41. The molecule has 0 aliphatic carbocycles. The number of hydrogen-bond donors (Lipinski definition) is 1. The highest BCUT2D eigenvalue weighted by Gasteiger charge is 2.10. The Bertz CT molecular complexity index is 185. The third-order valence-corrected chi connectivity index (χ3v) is 1.72. The van der Waals surface area contributed by atoms with Gasteiger partial charge in [0.15, 0.2) is 0 Å². The van der Waals surface area contributed by atoms with E-state index in [1.165, 1.54) is 6.20 Å². The van der Waals surface area contributed by atoms with E-state index in [4.69, 9.17) is 18.3 Å². The fourth-order valence-corrected chi connectivity index (χ4v) is 1.13. The van der Waals surface area contributed by atoms with Crippen LogP contribution in [0.2, 0.25) is 0 Å². The highest BCUT2D eigenvalue weighted by atomic mass is 16.5. The number of nitrogens with zero attached hydrogens (tertiary/aromatic N) is 1. The monoisotopic (exact) mass is 164 g/mol. The van der Waals surface area contributed by atoms with Gasteiger partial charge in [0, 0.05) is 6.61 Å². The molecule has 64 valence electrons. The fraction of sp³-hybridized carbons (Fsp3) is 0.625. The number of rotatable bonds is 2. The van der Waals surface area contributed by atoms with E-state index in [9.17, 15) is 0 Å². The van der Waals surface area contributed by atoms with Crippen LogP contribution in [-0.4, -0.2) is 26.3 Å². The number of nitrogens with two attached hydrogens (primary N) is 1. The summed E-state index contributed by atoms with van der Waals surface area (Å²) in [7, 11) is 5.52. The molecule has 0 aromatic heterocycles. The lowest BCUT2D eigenvalue weighted by Crippen LogP contribution is -2.18. The third-order valence-electron chi connectivity index (χ3n) is 1.72. The van der Waals surface area contributed by atoms with Crippen molar-refractivity contribution in [3.05, 3.63) is 12.3 Å². The van der Waals surface area contributed by atoms with Crippen molar-refractivity contribution < 1.29 is 4.74 Å². The fourth-order valence-electron chi connectivity index (χ4n) is 1.13. The predicted octanol–water partition coefficient (Wildman–Crippen LogP) is 0.552. The Morgan fingerprint density at radius 2 is 2.42 bits per heavy atom. The van der Waals surface area contributed by atoms with Crippen molar-refractivity contribution in [2.24, 2.45) is 10.7 Å². The molecule has 1 unspecified atom stereocenters. The normalized spacial score (nSPS) is 26.3. The van der Waals surface area contributed by atoms with E-state index in [-0.39, 0.29) is 6.23 Å². The van der Waals surface area contributed by atoms with Crippen LogP contribution < -0.4 is 5.73 Å². The summed E-state index contributed by atoms with van der Waals surface area (Å²) in [6.45, 7) is 0.786. The first-order chi connectivity index (χ1) is 5.83. The van der Waals surface area contributed by atoms with E-state index in [0.717, 1.165) is 25.9 Å². The molecule has 0 aromatic carbocycles. The van der Waals surface area contributed by atoms with Gasteiger partial charge in [-0.15, -0.1) is 0 Å². The van der Waals surface area contributed by atoms with Gasteiger partial charge in [-0.1, -0.05) is 0 Å². The second kappa shape index (κ2) is 4.98. The summed E-state index contributed by atoms with van der Waals surface area (Å²) < 4.78 is 5.35. The first kappa shape index (κ1) is 9.32. The van der Waals surface area contributed by atoms with E-state index in [2.05, 4.69) is 4.99 Å². The predicted molar refractivity (Wildman–Crippen MR) is 50.1 cm³/mol. The largest absolute Gasteiger partial charge is 0.405 e. The van der Waals surface area contributed by atoms with Gasteiger partial charge in [-0.05, 0) is 37.1 Å². The summed E-state index contributed by atoms with van der Waals surface area (Å²) in [5.41, 5.74) is 5.59. The van der Waals surface area contributed by atoms with Crippen molar-refractivity contribution in [2.75, 3.05) is 6.61 Å². The van der Waals surface area contributed by atoms with E-state index in [0.29, 0.717) is 5.61 Å². The molecule has 1 rings (SSSR count). The van der Waals surface area contributed by atoms with Crippen molar-refractivity contribution in [1.82, 2.24) is 0 Å². The molecule has 1 saturated heterocycles. The van der Waals surface area contributed by atoms with Crippen LogP contribution >= 0.6 is 0 Å². The number of allylic oxidation sites excluding steroid dienone is 1. The Kier molecular flexibility index (Phi) is 3.87. The molecule has 2 radical (unpaired) electrons. The number of aliphatic imine (C=N–C) groups is 1. The van der Waals surface area contributed by atoms with Gasteiger partial charge in [-0.25, -0.2) is 0 Å². The summed E-state index contributed by atoms with van der Waals surface area (Å²) >= 11 is 0. The molecule has 3 nitrogen and oxygen atoms in total. The molecule has 1 heterocycles. The molecular formula is C8H13BN2O. The second-order valence-corrected chi connectivity index (χ2v) is 2.73. The number of hydrogen-bond acceptors (Lipinski definition) is 3. The summed E-state index contributed by atoms with van der Waals surface area (Å²) in [4.78, 5) is 4.13. The van der Waals surface area contributed by atoms with Crippen molar-refractivity contribution in [3.63, 3.8) is 0 Å². The van der Waals surface area contributed by atoms with Crippen molar-refractivity contribution in [3.8, 4) is 0 Å². The molecule has 0 spiro atoms. The zero-order valence-corrected chi connectivity index (χ0v) is 7.07. The van der Waals surface area contributed by atoms with E-state index in [1.807, 2.05) is 0 Å². The molecule has 0 bridgehead atoms. The maximum Gasteiger partial charge on any atom is 0.147 e. The van der Waals surface area contributed by atoms with Gasteiger partial charge in [-0.2, -0.15) is 0 Å². The summed E-state index contributed by atoms with van der Waals surface area (Å²) in [6, 6.07) is 0. The third kappa shape index (κ3) is 3.09. The molecule has 0 aromatic rings. The van der Waals surface area contributed by atoms with Crippen molar-refractivity contribution >= 4 is 13.5 Å². The van der Waals surface area contributed by atoms with E-state index >= 15 is 0 Å². The minimum atomic E-state index is -0.0602. The van der Waals surface area contributed by atoms with Crippen LogP contribution in [0.3, 0.4) is 0 Å². The average Bonchev–Trinajstić information content (AvgIpc) is 2.06. The Labute approximate surface area is 74.1 Å². The zero-order chi connectivity index (χ0) is 8.81. The molecule has 4 heteroatoms. The molecule has 1 aliphatic rings. The van der Waals surface area contributed by atoms with Gasteiger partial charge >= 0.3 is 0 Å². The molecular weight excluding hydrogens is 151 g/mol. The topological polar surface area (TPSA) is 47.6 Å². The molecule has 0 saturated carbocycles. The number of ether oxygens (including phenoxy) is 1. The highest BCUT2D eigenvalue weighted by Crippen LogP contribution is 2.13. The minimum Gasteiger partial charge on any atom is -0.405 e. The molecule has 12 heavy (non-hydrogen) atoms. The lowest BCUT2D eigenvalue weighted by atomic mass is 10.0. The van der Waals surface area contributed by atoms with Crippen LogP contribution in [0.4, 0.5) is 0 Å². The van der Waals surface area contributed by atoms with Gasteiger partial charge in [0.05, 0.1) is 0 Å². The summed E-state index contributed by atoms with van der Waals surface area (Å²) in [5.74, 6) is 0. The van der Waals surface area contributed by atoms with Crippen molar-refractivity contribution in [2.45, 2.75) is 25.5 Å². The Hall–Kier alpha value is -0.765. The molecule has 2 N–H and O–H groups in total. The first-order valence-corrected chi connectivity index (χ1v) is 4.16. The van der Waals surface area contributed by atoms with Crippen LogP contribution in [0, 0.1) is 0 Å².